The maximum Gasteiger partial charge on any atom is 0.246 e. The number of hydrogen-bond donors (Lipinski definition) is 2. The van der Waals surface area contributed by atoms with Crippen molar-refractivity contribution in [1.29, 1.82) is 0 Å². The number of carbonyl (C=O) groups excluding carboxylic acids is 3. The van der Waals surface area contributed by atoms with Crippen LogP contribution in [0.25, 0.3) is 0 Å². The molecule has 4 aliphatic heterocycles. The molecule has 3 saturated heterocycles. The number of ether oxygens (including phenoxy) is 2. The van der Waals surface area contributed by atoms with E-state index in [9.17, 15) is 14.4 Å². The van der Waals surface area contributed by atoms with E-state index < -0.39 is 29.6 Å². The van der Waals surface area contributed by atoms with E-state index in [0.29, 0.717) is 43.2 Å². The molecule has 234 valence electrons. The van der Waals surface area contributed by atoms with Crippen molar-refractivity contribution in [3.05, 3.63) is 42.0 Å². The number of amides is 3. The highest BCUT2D eigenvalue weighted by atomic mass is 16.5. The van der Waals surface area contributed by atoms with Gasteiger partial charge < -0.3 is 25.0 Å². The van der Waals surface area contributed by atoms with Gasteiger partial charge in [0.05, 0.1) is 31.2 Å². The Hall–Kier alpha value is -2.75. The largest absolute Gasteiger partial charge is 0.379 e. The summed E-state index contributed by atoms with van der Waals surface area (Å²) in [5.41, 5.74) is 0.743. The maximum atomic E-state index is 14.3. The molecule has 1 spiro atoms. The number of carbonyl (C=O) groups is 3. The fourth-order valence-corrected chi connectivity index (χ4v) is 8.02. The van der Waals surface area contributed by atoms with Crippen LogP contribution in [0.2, 0.25) is 0 Å². The standard InChI is InChI=1S/C34H48N4O5/c1-21(2)24-9-11-25(12-10-24)35-31(39)28-27-13-14-34(43-27)29(28)33(41)38(16-6-15-37-17-19-42-20-18-37)30(34)32(40)36-26-8-5-7-22(3)23(26)4/h9-14,21-23,26-30H,5-8,15-20H2,1-4H3,(H,35,39)(H,36,40)/t22-,23-,26-,27+,28-,29+,30+,34+/m1/s1. The lowest BCUT2D eigenvalue weighted by molar-refractivity contribution is -0.141. The Labute approximate surface area is 255 Å². The smallest absolute Gasteiger partial charge is 0.246 e. The number of morpholine rings is 1. The molecule has 1 aromatic rings. The third kappa shape index (κ3) is 5.64. The van der Waals surface area contributed by atoms with Crippen LogP contribution in [0, 0.1) is 23.7 Å². The first-order valence-electron chi connectivity index (χ1n) is 16.4. The number of rotatable bonds is 9. The fraction of sp³-hybridized carbons (Fsp3) is 0.676. The van der Waals surface area contributed by atoms with Crippen LogP contribution >= 0.6 is 0 Å². The molecule has 4 heterocycles. The number of fused-ring (bicyclic) bond motifs is 1. The van der Waals surface area contributed by atoms with Gasteiger partial charge in [-0.1, -0.05) is 64.8 Å². The van der Waals surface area contributed by atoms with Gasteiger partial charge in [0.15, 0.2) is 0 Å². The van der Waals surface area contributed by atoms with Crippen LogP contribution in [0.1, 0.15) is 64.9 Å². The van der Waals surface area contributed by atoms with Crippen molar-refractivity contribution in [2.45, 2.75) is 83.1 Å². The molecule has 9 nitrogen and oxygen atoms in total. The van der Waals surface area contributed by atoms with E-state index in [2.05, 4.69) is 43.2 Å². The summed E-state index contributed by atoms with van der Waals surface area (Å²) in [5.74, 6) is -0.721. The van der Waals surface area contributed by atoms with Gasteiger partial charge in [0, 0.05) is 37.9 Å². The first-order chi connectivity index (χ1) is 20.7. The topological polar surface area (TPSA) is 100 Å². The molecule has 4 fully saturated rings. The highest BCUT2D eigenvalue weighted by Crippen LogP contribution is 2.55. The van der Waals surface area contributed by atoms with Gasteiger partial charge in [0.1, 0.15) is 11.6 Å². The first kappa shape index (κ1) is 30.3. The average molecular weight is 593 g/mol. The van der Waals surface area contributed by atoms with Crippen LogP contribution in [0.4, 0.5) is 5.69 Å². The highest BCUT2D eigenvalue weighted by molar-refractivity contribution is 6.02. The average Bonchev–Trinajstić information content (AvgIpc) is 3.64. The van der Waals surface area contributed by atoms with Crippen molar-refractivity contribution in [3.8, 4) is 0 Å². The van der Waals surface area contributed by atoms with Gasteiger partial charge in [0.25, 0.3) is 0 Å². The number of anilines is 1. The number of hydrogen-bond acceptors (Lipinski definition) is 6. The molecule has 2 bridgehead atoms. The number of likely N-dealkylation sites (tertiary alicyclic amines) is 1. The second-order valence-electron chi connectivity index (χ2n) is 13.7. The molecule has 8 atom stereocenters. The van der Waals surface area contributed by atoms with Crippen LogP contribution in [-0.4, -0.2) is 90.7 Å². The Morgan fingerprint density at radius 3 is 2.51 bits per heavy atom. The summed E-state index contributed by atoms with van der Waals surface area (Å²) in [6.45, 7) is 13.2. The fourth-order valence-electron chi connectivity index (χ4n) is 8.02. The summed E-state index contributed by atoms with van der Waals surface area (Å²) in [6.07, 6.45) is 7.17. The number of nitrogens with one attached hydrogen (secondary N) is 2. The van der Waals surface area contributed by atoms with Crippen LogP contribution in [0.15, 0.2) is 36.4 Å². The van der Waals surface area contributed by atoms with Gasteiger partial charge in [-0.3, -0.25) is 19.3 Å². The zero-order valence-corrected chi connectivity index (χ0v) is 26.1. The van der Waals surface area contributed by atoms with E-state index in [4.69, 9.17) is 9.47 Å². The Morgan fingerprint density at radius 1 is 1.05 bits per heavy atom. The van der Waals surface area contributed by atoms with Crippen LogP contribution < -0.4 is 10.6 Å². The van der Waals surface area contributed by atoms with E-state index in [1.54, 1.807) is 4.90 Å². The van der Waals surface area contributed by atoms with Crippen LogP contribution in [-0.2, 0) is 23.9 Å². The van der Waals surface area contributed by atoms with Crippen molar-refractivity contribution >= 4 is 23.4 Å². The summed E-state index contributed by atoms with van der Waals surface area (Å²) in [7, 11) is 0. The van der Waals surface area contributed by atoms with Crippen molar-refractivity contribution in [3.63, 3.8) is 0 Å². The van der Waals surface area contributed by atoms with E-state index in [1.807, 2.05) is 36.4 Å². The van der Waals surface area contributed by atoms with Gasteiger partial charge >= 0.3 is 0 Å². The predicted molar refractivity (Wildman–Crippen MR) is 164 cm³/mol. The molecule has 0 unspecified atom stereocenters. The Bertz CT molecular complexity index is 1230. The molecule has 0 aromatic heterocycles. The Kier molecular flexibility index (Phi) is 8.68. The lowest BCUT2D eigenvalue weighted by Crippen LogP contribution is -2.58. The van der Waals surface area contributed by atoms with Crippen molar-refractivity contribution in [2.24, 2.45) is 23.7 Å². The van der Waals surface area contributed by atoms with Gasteiger partial charge in [-0.05, 0) is 48.3 Å². The van der Waals surface area contributed by atoms with Crippen molar-refractivity contribution in [1.82, 2.24) is 15.1 Å². The summed E-state index contributed by atoms with van der Waals surface area (Å²) >= 11 is 0. The monoisotopic (exact) mass is 592 g/mol. The molecule has 6 rings (SSSR count). The summed E-state index contributed by atoms with van der Waals surface area (Å²) in [4.78, 5) is 46.4. The highest BCUT2D eigenvalue weighted by Gasteiger charge is 2.72. The molecule has 1 aliphatic carbocycles. The van der Waals surface area contributed by atoms with Crippen molar-refractivity contribution in [2.75, 3.05) is 44.7 Å². The van der Waals surface area contributed by atoms with E-state index in [-0.39, 0.29) is 23.8 Å². The number of nitrogens with zero attached hydrogens (tertiary/aromatic N) is 2. The van der Waals surface area contributed by atoms with E-state index in [1.165, 1.54) is 12.0 Å². The zero-order valence-electron chi connectivity index (χ0n) is 26.1. The molecular weight excluding hydrogens is 544 g/mol. The predicted octanol–water partition coefficient (Wildman–Crippen LogP) is 3.56. The maximum absolute atomic E-state index is 14.3. The third-order valence-electron chi connectivity index (χ3n) is 10.8. The van der Waals surface area contributed by atoms with E-state index >= 15 is 0 Å². The lowest BCUT2D eigenvalue weighted by atomic mass is 9.73. The summed E-state index contributed by atoms with van der Waals surface area (Å²) < 4.78 is 12.0. The minimum absolute atomic E-state index is 0.0625. The Morgan fingerprint density at radius 2 is 1.79 bits per heavy atom. The molecule has 43 heavy (non-hydrogen) atoms. The van der Waals surface area contributed by atoms with E-state index in [0.717, 1.165) is 38.9 Å². The van der Waals surface area contributed by atoms with Gasteiger partial charge in [-0.15, -0.1) is 0 Å². The second kappa shape index (κ2) is 12.3. The molecule has 5 aliphatic rings. The third-order valence-corrected chi connectivity index (χ3v) is 10.8. The summed E-state index contributed by atoms with van der Waals surface area (Å²) in [5, 5.41) is 6.39. The minimum atomic E-state index is -1.14. The van der Waals surface area contributed by atoms with Gasteiger partial charge in [0.2, 0.25) is 17.7 Å². The molecular formula is C34H48N4O5. The molecule has 3 amide bonds. The van der Waals surface area contributed by atoms with Gasteiger partial charge in [-0.25, -0.2) is 0 Å². The molecule has 1 aromatic carbocycles. The SMILES string of the molecule is CC(C)c1ccc(NC(=O)[C@@H]2[C@@H]3C=C[C@]4(O3)[C@@H]2C(=O)N(CCCN2CCOCC2)[C@H]4C(=O)N[C@@H]2CCC[C@@H](C)[C@H]2C)cc1. The molecule has 9 heteroatoms. The van der Waals surface area contributed by atoms with Crippen LogP contribution in [0.3, 0.4) is 0 Å². The minimum Gasteiger partial charge on any atom is -0.379 e. The molecule has 1 saturated carbocycles. The zero-order chi connectivity index (χ0) is 30.3. The van der Waals surface area contributed by atoms with Crippen molar-refractivity contribution < 1.29 is 23.9 Å². The number of benzene rings is 1. The normalized spacial score (nSPS) is 35.4. The second-order valence-corrected chi connectivity index (χ2v) is 13.7. The van der Waals surface area contributed by atoms with Gasteiger partial charge in [-0.2, -0.15) is 0 Å². The van der Waals surface area contributed by atoms with Crippen LogP contribution in [0.5, 0.6) is 0 Å². The quantitative estimate of drug-likeness (QED) is 0.426. The Balaban J connectivity index is 1.23. The summed E-state index contributed by atoms with van der Waals surface area (Å²) in [6, 6.07) is 7.11. The lowest BCUT2D eigenvalue weighted by Gasteiger charge is -2.38. The first-order valence-corrected chi connectivity index (χ1v) is 16.4. The molecule has 0 radical (unpaired) electrons. The molecule has 2 N–H and O–H groups in total.